The molecule has 8 N–H and O–H groups in total. The second-order valence-corrected chi connectivity index (χ2v) is 3.34. The Kier molecular flexibility index (Phi) is 6.28. The maximum Gasteiger partial charge on any atom is 0.527 e. The number of phosphoric ester groups is 1. The molecule has 0 aliphatic heterocycles. The Morgan fingerprint density at radius 1 is 1.43 bits per heavy atom. The summed E-state index contributed by atoms with van der Waals surface area (Å²) >= 11 is 0. The van der Waals surface area contributed by atoms with Gasteiger partial charge in [0, 0.05) is 0 Å². The average molecular weight is 230 g/mol. The quantitative estimate of drug-likeness (QED) is 0.370. The number of rotatable bonds is 4. The zero-order chi connectivity index (χ0) is 10.6. The van der Waals surface area contributed by atoms with Crippen LogP contribution < -0.4 is 11.5 Å². The monoisotopic (exact) mass is 230 g/mol. The van der Waals surface area contributed by atoms with Crippen molar-refractivity contribution in [1.82, 2.24) is 0 Å². The molecule has 0 aromatic carbocycles. The summed E-state index contributed by atoms with van der Waals surface area (Å²) in [4.78, 5) is 37.2. The Morgan fingerprint density at radius 2 is 1.86 bits per heavy atom. The molecule has 84 valence electrons. The molecule has 0 saturated heterocycles. The fourth-order valence-corrected chi connectivity index (χ4v) is 0.855. The summed E-state index contributed by atoms with van der Waals surface area (Å²) in [6, 6.07) is -1.45. The molecule has 0 spiro atoms. The molecule has 0 aliphatic rings. The minimum absolute atomic E-state index is 0. The number of carbonyl (C=O) groups excluding carboxylic acids is 2. The second kappa shape index (κ2) is 5.68. The van der Waals surface area contributed by atoms with E-state index in [1.165, 1.54) is 0 Å². The van der Waals surface area contributed by atoms with Gasteiger partial charge in [-0.1, -0.05) is 0 Å². The van der Waals surface area contributed by atoms with E-state index in [2.05, 4.69) is 10.3 Å². The molecule has 14 heavy (non-hydrogen) atoms. The molecule has 1 atom stereocenters. The van der Waals surface area contributed by atoms with Gasteiger partial charge in [-0.3, -0.25) is 14.6 Å². The molecule has 0 aromatic heterocycles. The van der Waals surface area contributed by atoms with E-state index in [-0.39, 0.29) is 5.48 Å². The number of primary amides is 1. The van der Waals surface area contributed by atoms with Crippen molar-refractivity contribution < 1.29 is 33.9 Å². The fourth-order valence-electron chi connectivity index (χ4n) is 0.485. The van der Waals surface area contributed by atoms with Crippen LogP contribution in [0.25, 0.3) is 0 Å². The lowest BCUT2D eigenvalue weighted by molar-refractivity contribution is -0.138. The van der Waals surface area contributed by atoms with E-state index in [9.17, 15) is 14.2 Å². The van der Waals surface area contributed by atoms with E-state index >= 15 is 0 Å². The minimum Gasteiger partial charge on any atom is -0.412 e. The molecule has 9 nitrogen and oxygen atoms in total. The van der Waals surface area contributed by atoms with E-state index in [4.69, 9.17) is 15.5 Å². The summed E-state index contributed by atoms with van der Waals surface area (Å²) in [7, 11) is -4.90. The van der Waals surface area contributed by atoms with Crippen LogP contribution in [0.2, 0.25) is 0 Å². The molecule has 0 bridgehead atoms. The molecular formula is C4H11N2O7P. The van der Waals surface area contributed by atoms with Crippen molar-refractivity contribution in [2.45, 2.75) is 12.5 Å². The van der Waals surface area contributed by atoms with Gasteiger partial charge in [0.1, 0.15) is 6.04 Å². The number of nitrogens with two attached hydrogens (primary N) is 2. The molecule has 0 fully saturated rings. The van der Waals surface area contributed by atoms with E-state index in [0.29, 0.717) is 0 Å². The highest BCUT2D eigenvalue weighted by atomic mass is 31.2. The summed E-state index contributed by atoms with van der Waals surface area (Å²) < 4.78 is 13.7. The Bertz CT molecular complexity index is 260. The van der Waals surface area contributed by atoms with Crippen molar-refractivity contribution in [2.75, 3.05) is 0 Å². The standard InChI is InChI=1S/C4H9N2O6P.H2O/c5-2(1-3(6)7)4(8)12-13(9,10)11;/h2H,1,5H2,(H2,6,7)(H2,9,10,11);1H2/t2-;/m0./s1. The van der Waals surface area contributed by atoms with Crippen molar-refractivity contribution >= 4 is 19.7 Å². The van der Waals surface area contributed by atoms with Gasteiger partial charge in [-0.2, -0.15) is 0 Å². The molecule has 1 amide bonds. The van der Waals surface area contributed by atoms with E-state index < -0.39 is 32.2 Å². The number of amides is 1. The van der Waals surface area contributed by atoms with Crippen molar-refractivity contribution in [3.05, 3.63) is 0 Å². The van der Waals surface area contributed by atoms with Crippen LogP contribution in [-0.2, 0) is 18.7 Å². The van der Waals surface area contributed by atoms with Crippen LogP contribution in [0.15, 0.2) is 0 Å². The van der Waals surface area contributed by atoms with Gasteiger partial charge in [-0.25, -0.2) is 9.36 Å². The van der Waals surface area contributed by atoms with Gasteiger partial charge in [0.25, 0.3) is 0 Å². The van der Waals surface area contributed by atoms with Crippen molar-refractivity contribution in [1.29, 1.82) is 0 Å². The number of hydrogen-bond donors (Lipinski definition) is 4. The lowest BCUT2D eigenvalue weighted by Gasteiger charge is -2.09. The van der Waals surface area contributed by atoms with Crippen LogP contribution in [0.1, 0.15) is 6.42 Å². The molecule has 0 unspecified atom stereocenters. The van der Waals surface area contributed by atoms with Crippen LogP contribution in [0, 0.1) is 0 Å². The van der Waals surface area contributed by atoms with Crippen molar-refractivity contribution in [3.63, 3.8) is 0 Å². The van der Waals surface area contributed by atoms with E-state index in [1.807, 2.05) is 0 Å². The van der Waals surface area contributed by atoms with Crippen LogP contribution in [0.4, 0.5) is 0 Å². The van der Waals surface area contributed by atoms with Gasteiger partial charge < -0.3 is 21.5 Å². The molecule has 0 heterocycles. The van der Waals surface area contributed by atoms with Gasteiger partial charge in [-0.05, 0) is 0 Å². The lowest BCUT2D eigenvalue weighted by atomic mass is 10.2. The van der Waals surface area contributed by atoms with Crippen LogP contribution in [-0.4, -0.2) is 33.2 Å². The molecule has 0 radical (unpaired) electrons. The first-order valence-electron chi connectivity index (χ1n) is 3.05. The van der Waals surface area contributed by atoms with Crippen molar-refractivity contribution in [2.24, 2.45) is 11.5 Å². The first kappa shape index (κ1) is 15.5. The maximum atomic E-state index is 10.6. The van der Waals surface area contributed by atoms with Crippen molar-refractivity contribution in [3.8, 4) is 0 Å². The Hall–Kier alpha value is -0.990. The Labute approximate surface area is 78.6 Å². The predicted molar refractivity (Wildman–Crippen MR) is 43.5 cm³/mol. The van der Waals surface area contributed by atoms with Gasteiger partial charge in [0.05, 0.1) is 6.42 Å². The topological polar surface area (TPSA) is 184 Å². The third kappa shape index (κ3) is 7.65. The maximum absolute atomic E-state index is 10.6. The van der Waals surface area contributed by atoms with Gasteiger partial charge in [0.2, 0.25) is 5.91 Å². The van der Waals surface area contributed by atoms with Gasteiger partial charge >= 0.3 is 13.8 Å². The van der Waals surface area contributed by atoms with Crippen LogP contribution >= 0.6 is 7.82 Å². The molecule has 10 heteroatoms. The highest BCUT2D eigenvalue weighted by Gasteiger charge is 2.26. The molecule has 0 rings (SSSR count). The van der Waals surface area contributed by atoms with Gasteiger partial charge in [-0.15, -0.1) is 0 Å². The summed E-state index contributed by atoms with van der Waals surface area (Å²) in [5.41, 5.74) is 9.68. The number of carbonyl (C=O) groups is 2. The second-order valence-electron chi connectivity index (χ2n) is 2.18. The molecule has 0 aromatic rings. The smallest absolute Gasteiger partial charge is 0.412 e. The third-order valence-corrected chi connectivity index (χ3v) is 1.35. The van der Waals surface area contributed by atoms with Crippen LogP contribution in [0.5, 0.6) is 0 Å². The first-order valence-corrected chi connectivity index (χ1v) is 4.58. The zero-order valence-electron chi connectivity index (χ0n) is 6.91. The summed E-state index contributed by atoms with van der Waals surface area (Å²) in [6.45, 7) is 0. The molecule has 0 aliphatic carbocycles. The van der Waals surface area contributed by atoms with E-state index in [0.717, 1.165) is 0 Å². The van der Waals surface area contributed by atoms with Gasteiger partial charge in [0.15, 0.2) is 0 Å². The number of hydrogen-bond acceptors (Lipinski definition) is 5. The Morgan fingerprint density at radius 3 is 2.14 bits per heavy atom. The predicted octanol–water partition coefficient (Wildman–Crippen LogP) is -3.00. The highest BCUT2D eigenvalue weighted by Crippen LogP contribution is 2.36. The first-order chi connectivity index (χ1) is 5.72. The summed E-state index contributed by atoms with van der Waals surface area (Å²) in [6.07, 6.45) is -0.529. The van der Waals surface area contributed by atoms with Crippen LogP contribution in [0.3, 0.4) is 0 Å². The highest BCUT2D eigenvalue weighted by molar-refractivity contribution is 7.46. The number of phosphoric acid groups is 1. The zero-order valence-corrected chi connectivity index (χ0v) is 7.81. The summed E-state index contributed by atoms with van der Waals surface area (Å²) in [5.74, 6) is -2.23. The Balaban J connectivity index is 0. The normalized spacial score (nSPS) is 12.5. The fraction of sp³-hybridized carbons (Fsp3) is 0.500. The average Bonchev–Trinajstić information content (AvgIpc) is 1.81. The summed E-state index contributed by atoms with van der Waals surface area (Å²) in [5, 5.41) is 0. The third-order valence-electron chi connectivity index (χ3n) is 0.933. The molecular weight excluding hydrogens is 219 g/mol. The van der Waals surface area contributed by atoms with E-state index in [1.54, 1.807) is 0 Å². The minimum atomic E-state index is -4.90. The molecule has 0 saturated carbocycles. The SMILES string of the molecule is NC(=O)C[C@H](N)C(=O)OP(=O)(O)O.O. The largest absolute Gasteiger partial charge is 0.527 e. The lowest BCUT2D eigenvalue weighted by Crippen LogP contribution is -2.35.